The Hall–Kier alpha value is -2.24. The first kappa shape index (κ1) is 20.0. The lowest BCUT2D eigenvalue weighted by Gasteiger charge is -2.35. The monoisotopic (exact) mass is 439 g/mol. The number of hydrogen-bond donors (Lipinski definition) is 1. The highest BCUT2D eigenvalue weighted by molar-refractivity contribution is 7.90. The van der Waals surface area contributed by atoms with E-state index in [1.54, 1.807) is 6.20 Å². The van der Waals surface area contributed by atoms with E-state index in [1.807, 2.05) is 6.07 Å². The number of H-pyrrole nitrogens is 1. The number of aromatic nitrogens is 4. The Morgan fingerprint density at radius 2 is 2.10 bits per heavy atom. The Kier molecular flexibility index (Phi) is 5.70. The molecule has 0 spiro atoms. The molecule has 2 aromatic heterocycles. The van der Waals surface area contributed by atoms with E-state index >= 15 is 0 Å². The van der Waals surface area contributed by atoms with Gasteiger partial charge in [-0.15, -0.1) is 0 Å². The van der Waals surface area contributed by atoms with Crippen LogP contribution < -0.4 is 0 Å². The van der Waals surface area contributed by atoms with Crippen molar-refractivity contribution in [3.8, 4) is 0 Å². The van der Waals surface area contributed by atoms with Crippen LogP contribution in [-0.4, -0.2) is 39.4 Å². The lowest BCUT2D eigenvalue weighted by Crippen LogP contribution is -2.33. The molecule has 0 bridgehead atoms. The van der Waals surface area contributed by atoms with Crippen molar-refractivity contribution in [3.63, 3.8) is 0 Å². The molecule has 4 rings (SSSR count). The molecule has 29 heavy (non-hydrogen) atoms. The summed E-state index contributed by atoms with van der Waals surface area (Å²) in [5, 5.41) is 7.15. The summed E-state index contributed by atoms with van der Waals surface area (Å²) >= 11 is 0.909. The number of hydrogen-bond acceptors (Lipinski definition) is 7. The first-order chi connectivity index (χ1) is 13.9. The van der Waals surface area contributed by atoms with Gasteiger partial charge in [-0.25, -0.2) is 22.2 Å². The minimum atomic E-state index is -4.07. The van der Waals surface area contributed by atoms with E-state index in [-0.39, 0.29) is 23.2 Å². The van der Waals surface area contributed by atoms with Crippen LogP contribution in [0.15, 0.2) is 35.6 Å². The second kappa shape index (κ2) is 8.25. The largest absolute Gasteiger partial charge is 0.290 e. The molecule has 3 aromatic rings. The highest BCUT2D eigenvalue weighted by atomic mass is 32.2. The maximum absolute atomic E-state index is 14.8. The minimum absolute atomic E-state index is 0.0366. The number of piperidine rings is 1. The number of rotatable bonds is 6. The van der Waals surface area contributed by atoms with Crippen molar-refractivity contribution < 1.29 is 17.2 Å². The molecule has 1 aromatic carbocycles. The van der Waals surface area contributed by atoms with E-state index in [9.17, 15) is 17.2 Å². The molecule has 7 nitrogen and oxygen atoms in total. The molecule has 3 heterocycles. The Bertz CT molecular complexity index is 1070. The minimum Gasteiger partial charge on any atom is -0.290 e. The molecule has 11 heteroatoms. The van der Waals surface area contributed by atoms with Gasteiger partial charge in [-0.3, -0.25) is 10.00 Å². The second-order valence-corrected chi connectivity index (χ2v) is 9.78. The van der Waals surface area contributed by atoms with Crippen LogP contribution in [0.3, 0.4) is 0 Å². The molecule has 0 saturated carbocycles. The van der Waals surface area contributed by atoms with Gasteiger partial charge >= 0.3 is 0 Å². The summed E-state index contributed by atoms with van der Waals surface area (Å²) < 4.78 is 58.1. The van der Waals surface area contributed by atoms with Crippen LogP contribution in [0.25, 0.3) is 0 Å². The third-order valence-corrected chi connectivity index (χ3v) is 7.50. The number of nitrogens with one attached hydrogen (secondary N) is 1. The number of nitrogens with zero attached hydrogens (tertiary/aromatic N) is 4. The van der Waals surface area contributed by atoms with Crippen molar-refractivity contribution in [3.05, 3.63) is 58.6 Å². The van der Waals surface area contributed by atoms with Crippen LogP contribution in [0, 0.1) is 11.6 Å². The third kappa shape index (κ3) is 4.36. The van der Waals surface area contributed by atoms with Crippen molar-refractivity contribution in [1.29, 1.82) is 0 Å². The van der Waals surface area contributed by atoms with Crippen LogP contribution >= 0.6 is 11.5 Å². The summed E-state index contributed by atoms with van der Waals surface area (Å²) in [5.74, 6) is -2.21. The third-order valence-electron chi connectivity index (χ3n) is 5.02. The van der Waals surface area contributed by atoms with Crippen LogP contribution in [0.1, 0.15) is 41.6 Å². The Labute approximate surface area is 170 Å². The average Bonchev–Trinajstić information content (AvgIpc) is 3.38. The Morgan fingerprint density at radius 1 is 1.24 bits per heavy atom. The number of likely N-dealkylation sites (tertiary alicyclic amines) is 1. The molecule has 1 N–H and O–H groups in total. The molecule has 154 valence electrons. The Morgan fingerprint density at radius 3 is 2.83 bits per heavy atom. The van der Waals surface area contributed by atoms with E-state index in [0.717, 1.165) is 55.2 Å². The average molecular weight is 440 g/mol. The quantitative estimate of drug-likeness (QED) is 0.634. The summed E-state index contributed by atoms with van der Waals surface area (Å²) in [5.41, 5.74) is 1.06. The number of halogens is 2. The zero-order valence-electron chi connectivity index (χ0n) is 15.4. The van der Waals surface area contributed by atoms with Gasteiger partial charge in [0.25, 0.3) is 0 Å². The van der Waals surface area contributed by atoms with Crippen LogP contribution in [0.4, 0.5) is 8.78 Å². The normalized spacial score (nSPS) is 18.2. The number of aromatic amines is 1. The van der Waals surface area contributed by atoms with Crippen molar-refractivity contribution in [1.82, 2.24) is 24.5 Å². The summed E-state index contributed by atoms with van der Waals surface area (Å²) in [6, 6.07) is 3.68. The van der Waals surface area contributed by atoms with Gasteiger partial charge in [0, 0.05) is 18.3 Å². The topological polar surface area (TPSA) is 91.8 Å². The molecule has 1 aliphatic heterocycles. The highest BCUT2D eigenvalue weighted by Crippen LogP contribution is 2.32. The molecule has 0 amide bonds. The summed E-state index contributed by atoms with van der Waals surface area (Å²) in [7, 11) is -4.07. The molecule has 1 saturated heterocycles. The molecule has 0 unspecified atom stereocenters. The Balaban J connectivity index is 1.58. The molecule has 0 radical (unpaired) electrons. The fraction of sp³-hybridized carbons (Fsp3) is 0.389. The number of sulfone groups is 1. The first-order valence-electron chi connectivity index (χ1n) is 9.13. The van der Waals surface area contributed by atoms with Crippen LogP contribution in [0.5, 0.6) is 0 Å². The van der Waals surface area contributed by atoms with E-state index in [1.165, 1.54) is 6.33 Å². The van der Waals surface area contributed by atoms with Crippen molar-refractivity contribution in [2.45, 2.75) is 42.5 Å². The maximum Gasteiger partial charge on any atom is 0.187 e. The molecule has 0 aliphatic carbocycles. The lowest BCUT2D eigenvalue weighted by atomic mass is 9.98. The van der Waals surface area contributed by atoms with Crippen LogP contribution in [0.2, 0.25) is 0 Å². The van der Waals surface area contributed by atoms with Gasteiger partial charge < -0.3 is 0 Å². The molecule has 1 atom stereocenters. The maximum atomic E-state index is 14.8. The fourth-order valence-electron chi connectivity index (χ4n) is 3.63. The standard InChI is InChI=1S/C18H19F2N5O2S2/c19-13-8-17(29(26,27)10-18-21-11-23-28-18)14(20)7-12(13)9-25-6-2-1-3-16(25)15-4-5-22-24-15/h4-5,7-8,11,16H,1-3,6,9-10H2,(H,22,24)/t16-/m1/s1. The molecule has 1 aliphatic rings. The predicted molar refractivity (Wildman–Crippen MR) is 103 cm³/mol. The van der Waals surface area contributed by atoms with E-state index in [4.69, 9.17) is 0 Å². The fourth-order valence-corrected chi connectivity index (χ4v) is 5.81. The smallest absolute Gasteiger partial charge is 0.187 e. The predicted octanol–water partition coefficient (Wildman–Crippen LogP) is 3.24. The van der Waals surface area contributed by atoms with E-state index in [2.05, 4.69) is 24.5 Å². The summed E-state index contributed by atoms with van der Waals surface area (Å²) in [6.45, 7) is 0.922. The van der Waals surface area contributed by atoms with Crippen molar-refractivity contribution >= 4 is 21.4 Å². The first-order valence-corrected chi connectivity index (χ1v) is 11.6. The van der Waals surface area contributed by atoms with Gasteiger partial charge in [-0.05, 0) is 49.1 Å². The lowest BCUT2D eigenvalue weighted by molar-refractivity contribution is 0.135. The van der Waals surface area contributed by atoms with Gasteiger partial charge in [0.2, 0.25) is 0 Å². The summed E-state index contributed by atoms with van der Waals surface area (Å²) in [6.07, 6.45) is 5.79. The van der Waals surface area contributed by atoms with Crippen LogP contribution in [-0.2, 0) is 22.1 Å². The highest BCUT2D eigenvalue weighted by Gasteiger charge is 2.28. The second-order valence-electron chi connectivity index (χ2n) is 6.96. The SMILES string of the molecule is O=S(=O)(Cc1ncns1)c1cc(F)c(CN2CCCC[C@@H]2c2ccn[nH]2)cc1F. The molecular formula is C18H19F2N5O2S2. The molecule has 1 fully saturated rings. The number of benzene rings is 1. The van der Waals surface area contributed by atoms with E-state index in [0.29, 0.717) is 0 Å². The van der Waals surface area contributed by atoms with Gasteiger partial charge in [0.05, 0.1) is 11.7 Å². The summed E-state index contributed by atoms with van der Waals surface area (Å²) in [4.78, 5) is 5.21. The van der Waals surface area contributed by atoms with E-state index < -0.39 is 32.1 Å². The van der Waals surface area contributed by atoms with Gasteiger partial charge in [-0.2, -0.15) is 9.47 Å². The molecular weight excluding hydrogens is 420 g/mol. The van der Waals surface area contributed by atoms with Gasteiger partial charge in [0.15, 0.2) is 9.84 Å². The zero-order chi connectivity index (χ0) is 20.4. The zero-order valence-corrected chi connectivity index (χ0v) is 17.0. The van der Waals surface area contributed by atoms with Crippen molar-refractivity contribution in [2.24, 2.45) is 0 Å². The van der Waals surface area contributed by atoms with Crippen molar-refractivity contribution in [2.75, 3.05) is 6.54 Å². The van der Waals surface area contributed by atoms with Gasteiger partial charge in [0.1, 0.15) is 33.6 Å². The van der Waals surface area contributed by atoms with Gasteiger partial charge in [-0.1, -0.05) is 6.42 Å².